The monoisotopic (exact) mass is 281 g/mol. The maximum Gasteiger partial charge on any atom is 0.220 e. The van der Waals surface area contributed by atoms with Gasteiger partial charge >= 0.3 is 0 Å². The van der Waals surface area contributed by atoms with Gasteiger partial charge in [-0.1, -0.05) is 48.5 Å². The Kier molecular flexibility index (Phi) is 5.15. The summed E-state index contributed by atoms with van der Waals surface area (Å²) in [6.07, 6.45) is 1.31. The van der Waals surface area contributed by atoms with E-state index in [1.165, 1.54) is 16.7 Å². The summed E-state index contributed by atoms with van der Waals surface area (Å²) in [6, 6.07) is 16.5. The standard InChI is InChI=1S/C19H23NO/c1-14-9-11-18(13-15(14)2)16(3)20-19(21)12-10-17-7-5-4-6-8-17/h4-9,11,13,16H,10,12H2,1-3H3,(H,20,21)/t16-/m1/s1. The van der Waals surface area contributed by atoms with E-state index in [9.17, 15) is 4.79 Å². The van der Waals surface area contributed by atoms with Crippen LogP contribution < -0.4 is 5.32 Å². The number of rotatable bonds is 5. The number of hydrogen-bond donors (Lipinski definition) is 1. The summed E-state index contributed by atoms with van der Waals surface area (Å²) >= 11 is 0. The Morgan fingerprint density at radius 3 is 2.43 bits per heavy atom. The van der Waals surface area contributed by atoms with E-state index in [0.717, 1.165) is 12.0 Å². The van der Waals surface area contributed by atoms with E-state index in [2.05, 4.69) is 49.5 Å². The molecule has 0 bridgehead atoms. The zero-order valence-electron chi connectivity index (χ0n) is 13.0. The van der Waals surface area contributed by atoms with Crippen molar-refractivity contribution in [2.75, 3.05) is 0 Å². The third-order valence-electron chi connectivity index (χ3n) is 3.89. The molecule has 2 rings (SSSR count). The Bertz CT molecular complexity index is 604. The number of benzene rings is 2. The van der Waals surface area contributed by atoms with Crippen molar-refractivity contribution in [2.24, 2.45) is 0 Å². The molecule has 0 unspecified atom stereocenters. The highest BCUT2D eigenvalue weighted by Crippen LogP contribution is 2.17. The van der Waals surface area contributed by atoms with Crippen molar-refractivity contribution < 1.29 is 4.79 Å². The van der Waals surface area contributed by atoms with Gasteiger partial charge in [0, 0.05) is 6.42 Å². The molecule has 0 aromatic heterocycles. The van der Waals surface area contributed by atoms with Gasteiger partial charge in [0.1, 0.15) is 0 Å². The third-order valence-corrected chi connectivity index (χ3v) is 3.89. The summed E-state index contributed by atoms with van der Waals surface area (Å²) in [5, 5.41) is 3.07. The highest BCUT2D eigenvalue weighted by Gasteiger charge is 2.10. The normalized spacial score (nSPS) is 12.0. The molecule has 1 N–H and O–H groups in total. The molecule has 0 aliphatic heterocycles. The first kappa shape index (κ1) is 15.3. The van der Waals surface area contributed by atoms with Gasteiger partial charge in [-0.25, -0.2) is 0 Å². The van der Waals surface area contributed by atoms with Gasteiger partial charge in [-0.2, -0.15) is 0 Å². The molecule has 1 atom stereocenters. The highest BCUT2D eigenvalue weighted by atomic mass is 16.1. The van der Waals surface area contributed by atoms with Crippen LogP contribution in [0.4, 0.5) is 0 Å². The van der Waals surface area contributed by atoms with E-state index in [0.29, 0.717) is 6.42 Å². The molecule has 2 aromatic rings. The summed E-state index contributed by atoms with van der Waals surface area (Å²) in [7, 11) is 0. The number of carbonyl (C=O) groups excluding carboxylic acids is 1. The summed E-state index contributed by atoms with van der Waals surface area (Å²) in [5.41, 5.74) is 4.90. The lowest BCUT2D eigenvalue weighted by Crippen LogP contribution is -2.26. The van der Waals surface area contributed by atoms with Gasteiger partial charge in [0.2, 0.25) is 5.91 Å². The SMILES string of the molecule is Cc1ccc([C@@H](C)NC(=O)CCc2ccccc2)cc1C. The van der Waals surface area contributed by atoms with Crippen LogP contribution in [0.5, 0.6) is 0 Å². The van der Waals surface area contributed by atoms with Gasteiger partial charge in [0.05, 0.1) is 6.04 Å². The minimum atomic E-state index is 0.0487. The maximum atomic E-state index is 12.0. The van der Waals surface area contributed by atoms with Gasteiger partial charge in [-0.05, 0) is 49.4 Å². The maximum absolute atomic E-state index is 12.0. The largest absolute Gasteiger partial charge is 0.350 e. The first-order valence-electron chi connectivity index (χ1n) is 7.46. The predicted octanol–water partition coefficient (Wildman–Crippen LogP) is 4.11. The van der Waals surface area contributed by atoms with Crippen molar-refractivity contribution >= 4 is 5.91 Å². The average molecular weight is 281 g/mol. The van der Waals surface area contributed by atoms with Crippen LogP contribution in [0.2, 0.25) is 0 Å². The number of nitrogens with one attached hydrogen (secondary N) is 1. The molecule has 110 valence electrons. The van der Waals surface area contributed by atoms with Crippen LogP contribution >= 0.6 is 0 Å². The topological polar surface area (TPSA) is 29.1 Å². The van der Waals surface area contributed by atoms with E-state index < -0.39 is 0 Å². The number of hydrogen-bond acceptors (Lipinski definition) is 1. The summed E-state index contributed by atoms with van der Waals surface area (Å²) < 4.78 is 0. The molecule has 0 aliphatic rings. The van der Waals surface area contributed by atoms with Crippen LogP contribution in [0, 0.1) is 13.8 Å². The zero-order valence-corrected chi connectivity index (χ0v) is 13.0. The van der Waals surface area contributed by atoms with E-state index in [-0.39, 0.29) is 11.9 Å². The Morgan fingerprint density at radius 2 is 1.76 bits per heavy atom. The molecule has 0 fully saturated rings. The van der Waals surface area contributed by atoms with Crippen molar-refractivity contribution in [3.05, 3.63) is 70.8 Å². The summed E-state index contributed by atoms with van der Waals surface area (Å²) in [6.45, 7) is 6.23. The lowest BCUT2D eigenvalue weighted by molar-refractivity contribution is -0.121. The predicted molar refractivity (Wildman–Crippen MR) is 87.2 cm³/mol. The van der Waals surface area contributed by atoms with Crippen LogP contribution in [-0.4, -0.2) is 5.91 Å². The van der Waals surface area contributed by atoms with Crippen molar-refractivity contribution in [1.82, 2.24) is 5.32 Å². The molecule has 21 heavy (non-hydrogen) atoms. The van der Waals surface area contributed by atoms with Crippen LogP contribution in [0.1, 0.15) is 41.6 Å². The van der Waals surface area contributed by atoms with Crippen molar-refractivity contribution in [1.29, 1.82) is 0 Å². The third kappa shape index (κ3) is 4.45. The molecule has 1 amide bonds. The Morgan fingerprint density at radius 1 is 1.05 bits per heavy atom. The second-order valence-electron chi connectivity index (χ2n) is 5.62. The first-order valence-corrected chi connectivity index (χ1v) is 7.46. The smallest absolute Gasteiger partial charge is 0.220 e. The first-order chi connectivity index (χ1) is 10.1. The molecular formula is C19H23NO. The molecule has 0 radical (unpaired) electrons. The summed E-state index contributed by atoms with van der Waals surface area (Å²) in [5.74, 6) is 0.101. The van der Waals surface area contributed by atoms with Gasteiger partial charge in [0.25, 0.3) is 0 Å². The fraction of sp³-hybridized carbons (Fsp3) is 0.316. The molecule has 0 aliphatic carbocycles. The Labute approximate surface area is 127 Å². The van der Waals surface area contributed by atoms with Crippen LogP contribution in [0.15, 0.2) is 48.5 Å². The van der Waals surface area contributed by atoms with Crippen molar-refractivity contribution in [3.8, 4) is 0 Å². The second kappa shape index (κ2) is 7.07. The van der Waals surface area contributed by atoms with E-state index in [4.69, 9.17) is 0 Å². The summed E-state index contributed by atoms with van der Waals surface area (Å²) in [4.78, 5) is 12.0. The molecule has 0 spiro atoms. The number of aryl methyl sites for hydroxylation is 3. The molecule has 2 nitrogen and oxygen atoms in total. The van der Waals surface area contributed by atoms with Crippen LogP contribution in [-0.2, 0) is 11.2 Å². The van der Waals surface area contributed by atoms with E-state index >= 15 is 0 Å². The molecule has 2 aromatic carbocycles. The fourth-order valence-electron chi connectivity index (χ4n) is 2.33. The minimum Gasteiger partial charge on any atom is -0.350 e. The van der Waals surface area contributed by atoms with Gasteiger partial charge in [-0.3, -0.25) is 4.79 Å². The quantitative estimate of drug-likeness (QED) is 0.878. The lowest BCUT2D eigenvalue weighted by atomic mass is 10.0. The number of carbonyl (C=O) groups is 1. The molecule has 2 heteroatoms. The van der Waals surface area contributed by atoms with E-state index in [1.807, 2.05) is 25.1 Å². The minimum absolute atomic E-state index is 0.0487. The lowest BCUT2D eigenvalue weighted by Gasteiger charge is -2.15. The van der Waals surface area contributed by atoms with Crippen molar-refractivity contribution in [2.45, 2.75) is 39.7 Å². The Hall–Kier alpha value is -2.09. The van der Waals surface area contributed by atoms with Crippen LogP contribution in [0.25, 0.3) is 0 Å². The fourth-order valence-corrected chi connectivity index (χ4v) is 2.33. The zero-order chi connectivity index (χ0) is 15.2. The Balaban J connectivity index is 1.88. The molecular weight excluding hydrogens is 258 g/mol. The molecule has 0 saturated carbocycles. The van der Waals surface area contributed by atoms with Crippen LogP contribution in [0.3, 0.4) is 0 Å². The highest BCUT2D eigenvalue weighted by molar-refractivity contribution is 5.76. The van der Waals surface area contributed by atoms with Gasteiger partial charge in [0.15, 0.2) is 0 Å². The number of amides is 1. The van der Waals surface area contributed by atoms with Gasteiger partial charge in [-0.15, -0.1) is 0 Å². The second-order valence-corrected chi connectivity index (χ2v) is 5.62. The van der Waals surface area contributed by atoms with E-state index in [1.54, 1.807) is 0 Å². The molecule has 0 saturated heterocycles. The van der Waals surface area contributed by atoms with Crippen molar-refractivity contribution in [3.63, 3.8) is 0 Å². The molecule has 0 heterocycles. The average Bonchev–Trinajstić information content (AvgIpc) is 2.49. The van der Waals surface area contributed by atoms with Gasteiger partial charge < -0.3 is 5.32 Å².